The van der Waals surface area contributed by atoms with Crippen molar-refractivity contribution in [2.24, 2.45) is 0 Å². The zero-order valence-electron chi connectivity index (χ0n) is 22.8. The van der Waals surface area contributed by atoms with Gasteiger partial charge in [0.2, 0.25) is 0 Å². The molecule has 0 heterocycles. The fourth-order valence-electron chi connectivity index (χ4n) is 5.17. The third kappa shape index (κ3) is 7.87. The summed E-state index contributed by atoms with van der Waals surface area (Å²) in [4.78, 5) is 0. The predicted octanol–water partition coefficient (Wildman–Crippen LogP) is 9.19. The Morgan fingerprint density at radius 1 is 0.474 bits per heavy atom. The summed E-state index contributed by atoms with van der Waals surface area (Å²) >= 11 is 0. The van der Waals surface area contributed by atoms with Crippen LogP contribution in [0, 0.1) is 0 Å². The van der Waals surface area contributed by atoms with Gasteiger partial charge in [0.05, 0.1) is 13.2 Å². The predicted molar refractivity (Wildman–Crippen MR) is 160 cm³/mol. The maximum Gasteiger partial charge on any atom is 0.119 e. The number of hydrogen-bond donors (Lipinski definition) is 0. The van der Waals surface area contributed by atoms with Gasteiger partial charge in [-0.1, -0.05) is 60.7 Å². The van der Waals surface area contributed by atoms with E-state index >= 15 is 0 Å². The molecule has 0 saturated heterocycles. The Balaban J connectivity index is 0.857. The number of aryl methyl sites for hydroxylation is 4. The van der Waals surface area contributed by atoms with Gasteiger partial charge < -0.3 is 9.47 Å². The van der Waals surface area contributed by atoms with Gasteiger partial charge in [0, 0.05) is 0 Å². The first-order valence-corrected chi connectivity index (χ1v) is 14.8. The zero-order chi connectivity index (χ0) is 25.8. The first-order chi connectivity index (χ1) is 18.8. The fraction of sp³-hybridized carbons (Fsp3) is 0.389. The van der Waals surface area contributed by atoms with Crippen LogP contribution < -0.4 is 9.47 Å². The van der Waals surface area contributed by atoms with Gasteiger partial charge in [0.25, 0.3) is 0 Å². The monoisotopic (exact) mass is 506 g/mol. The van der Waals surface area contributed by atoms with Gasteiger partial charge in [-0.3, -0.25) is 0 Å². The van der Waals surface area contributed by atoms with E-state index in [-0.39, 0.29) is 0 Å². The van der Waals surface area contributed by atoms with Crippen LogP contribution in [0.2, 0.25) is 0 Å². The van der Waals surface area contributed by atoms with E-state index in [1.54, 1.807) is 0 Å². The highest BCUT2D eigenvalue weighted by Gasteiger charge is 2.12. The Morgan fingerprint density at radius 2 is 0.921 bits per heavy atom. The lowest BCUT2D eigenvalue weighted by Crippen LogP contribution is -2.07. The lowest BCUT2D eigenvalue weighted by Gasteiger charge is -2.18. The summed E-state index contributed by atoms with van der Waals surface area (Å²) in [5.41, 5.74) is 8.83. The first-order valence-electron chi connectivity index (χ1n) is 14.8. The molecule has 0 radical (unpaired) electrons. The number of hydrogen-bond acceptors (Lipinski definition) is 2. The molecule has 0 amide bonds. The summed E-state index contributed by atoms with van der Waals surface area (Å²) in [6.07, 6.45) is 23.4. The minimum absolute atomic E-state index is 0.773. The smallest absolute Gasteiger partial charge is 0.119 e. The molecular weight excluding hydrogens is 464 g/mol. The van der Waals surface area contributed by atoms with E-state index in [2.05, 4.69) is 60.7 Å². The van der Waals surface area contributed by atoms with Crippen molar-refractivity contribution >= 4 is 12.2 Å². The van der Waals surface area contributed by atoms with E-state index in [0.717, 1.165) is 50.4 Å². The van der Waals surface area contributed by atoms with Crippen LogP contribution in [0.4, 0.5) is 0 Å². The van der Waals surface area contributed by atoms with Gasteiger partial charge in [-0.15, -0.1) is 0 Å². The number of rotatable bonds is 16. The van der Waals surface area contributed by atoms with Crippen molar-refractivity contribution in [3.8, 4) is 11.5 Å². The van der Waals surface area contributed by atoms with Crippen molar-refractivity contribution in [3.05, 3.63) is 106 Å². The van der Waals surface area contributed by atoms with Crippen LogP contribution in [0.25, 0.3) is 12.2 Å². The number of fused-ring (bicyclic) bond motifs is 2. The van der Waals surface area contributed by atoms with Crippen molar-refractivity contribution in [3.63, 3.8) is 0 Å². The van der Waals surface area contributed by atoms with E-state index in [1.165, 1.54) is 84.7 Å². The fourth-order valence-corrected chi connectivity index (χ4v) is 5.17. The SMILES string of the molecule is C(=C\c1ccc2c(c1)CC2)/CCCCCOc1ccc(OCCCCC/C=C/c2ccc3c(c2)CC3)cc1. The highest BCUT2D eigenvalue weighted by Crippen LogP contribution is 2.25. The molecule has 0 fully saturated rings. The number of unbranched alkanes of at least 4 members (excludes halogenated alkanes) is 6. The number of ether oxygens (including phenoxy) is 2. The maximum atomic E-state index is 5.92. The number of benzene rings is 3. The van der Waals surface area contributed by atoms with E-state index in [4.69, 9.17) is 9.47 Å². The quantitative estimate of drug-likeness (QED) is 0.180. The maximum absolute atomic E-state index is 5.92. The average Bonchev–Trinajstić information content (AvgIpc) is 2.90. The lowest BCUT2D eigenvalue weighted by atomic mass is 9.87. The third-order valence-electron chi connectivity index (χ3n) is 7.80. The molecule has 2 nitrogen and oxygen atoms in total. The Hall–Kier alpha value is -3.26. The molecule has 3 aromatic rings. The van der Waals surface area contributed by atoms with E-state index in [0.29, 0.717) is 0 Å². The molecule has 2 heteroatoms. The van der Waals surface area contributed by atoms with Crippen molar-refractivity contribution < 1.29 is 9.47 Å². The zero-order valence-corrected chi connectivity index (χ0v) is 22.8. The van der Waals surface area contributed by atoms with Crippen LogP contribution in [0.15, 0.2) is 72.8 Å². The molecular formula is C36H42O2. The molecule has 0 N–H and O–H groups in total. The minimum atomic E-state index is 0.773. The Labute approximate surface area is 229 Å². The summed E-state index contributed by atoms with van der Waals surface area (Å²) in [6.45, 7) is 1.55. The van der Waals surface area contributed by atoms with Gasteiger partial charge in [0.1, 0.15) is 11.5 Å². The first kappa shape index (κ1) is 26.4. The highest BCUT2D eigenvalue weighted by molar-refractivity contribution is 5.54. The van der Waals surface area contributed by atoms with Crippen molar-refractivity contribution in [1.29, 1.82) is 0 Å². The standard InChI is InChI=1S/C36H42O2/c1(3-7-11-29-13-15-31-17-19-33(31)27-29)5-9-25-37-35-21-23-36(24-22-35)38-26-10-6-2-4-8-12-30-14-16-32-18-20-34(32)28-30/h7-8,11-16,21-24,27-28H,1-6,9-10,17-20,25-26H2/b11-7+,12-8+. The summed E-state index contributed by atoms with van der Waals surface area (Å²) in [5, 5.41) is 0. The van der Waals surface area contributed by atoms with Crippen LogP contribution in [-0.4, -0.2) is 13.2 Å². The van der Waals surface area contributed by atoms with Crippen LogP contribution in [-0.2, 0) is 25.7 Å². The third-order valence-corrected chi connectivity index (χ3v) is 7.80. The largest absolute Gasteiger partial charge is 0.494 e. The second kappa shape index (κ2) is 14.0. The Morgan fingerprint density at radius 3 is 1.32 bits per heavy atom. The second-order valence-corrected chi connectivity index (χ2v) is 10.7. The van der Waals surface area contributed by atoms with E-state index in [9.17, 15) is 0 Å². The Kier molecular flexibility index (Phi) is 9.74. The summed E-state index contributed by atoms with van der Waals surface area (Å²) in [6, 6.07) is 21.8. The molecule has 0 spiro atoms. The Bertz CT molecular complexity index is 1120. The van der Waals surface area contributed by atoms with Crippen molar-refractivity contribution in [2.45, 2.75) is 77.0 Å². The van der Waals surface area contributed by atoms with Gasteiger partial charge in [-0.25, -0.2) is 0 Å². The second-order valence-electron chi connectivity index (χ2n) is 10.7. The van der Waals surface area contributed by atoms with Gasteiger partial charge in [-0.2, -0.15) is 0 Å². The van der Waals surface area contributed by atoms with Gasteiger partial charge in [0.15, 0.2) is 0 Å². The van der Waals surface area contributed by atoms with E-state index in [1.807, 2.05) is 24.3 Å². The van der Waals surface area contributed by atoms with Crippen molar-refractivity contribution in [2.75, 3.05) is 13.2 Å². The molecule has 0 bridgehead atoms. The molecule has 5 rings (SSSR count). The minimum Gasteiger partial charge on any atom is -0.494 e. The van der Waals surface area contributed by atoms with Gasteiger partial charge >= 0.3 is 0 Å². The summed E-state index contributed by atoms with van der Waals surface area (Å²) in [5.74, 6) is 1.86. The van der Waals surface area contributed by atoms with Gasteiger partial charge in [-0.05, 0) is 135 Å². The van der Waals surface area contributed by atoms with Crippen LogP contribution >= 0.6 is 0 Å². The van der Waals surface area contributed by atoms with Crippen LogP contribution in [0.1, 0.15) is 84.7 Å². The molecule has 0 atom stereocenters. The molecule has 0 saturated carbocycles. The van der Waals surface area contributed by atoms with Crippen LogP contribution in [0.5, 0.6) is 11.5 Å². The van der Waals surface area contributed by atoms with Crippen molar-refractivity contribution in [1.82, 2.24) is 0 Å². The van der Waals surface area contributed by atoms with Crippen LogP contribution in [0.3, 0.4) is 0 Å². The highest BCUT2D eigenvalue weighted by atomic mass is 16.5. The molecule has 0 unspecified atom stereocenters. The normalized spacial score (nSPS) is 13.7. The summed E-state index contributed by atoms with van der Waals surface area (Å²) < 4.78 is 11.8. The molecule has 2 aliphatic rings. The topological polar surface area (TPSA) is 18.5 Å². The molecule has 38 heavy (non-hydrogen) atoms. The number of allylic oxidation sites excluding steroid dienone is 2. The molecule has 2 aliphatic carbocycles. The molecule has 0 aliphatic heterocycles. The molecule has 0 aromatic heterocycles. The average molecular weight is 507 g/mol. The molecule has 198 valence electrons. The van der Waals surface area contributed by atoms with E-state index < -0.39 is 0 Å². The summed E-state index contributed by atoms with van der Waals surface area (Å²) in [7, 11) is 0. The lowest BCUT2D eigenvalue weighted by molar-refractivity contribution is 0.297. The molecule has 3 aromatic carbocycles.